The highest BCUT2D eigenvalue weighted by Gasteiger charge is 2.17. The SMILES string of the molecule is CCCCCCCCCCCCCCCCCCCCC(=O)OC1CCCCC1. The largest absolute Gasteiger partial charge is 0.462 e. The molecule has 0 amide bonds. The van der Waals surface area contributed by atoms with Gasteiger partial charge >= 0.3 is 5.97 Å². The number of ether oxygens (including phenoxy) is 1. The standard InChI is InChI=1S/C27H52O2/c1-2-3-4-5-6-7-8-9-10-11-12-13-14-15-16-17-18-22-25-27(28)29-26-23-20-19-21-24-26/h26H,2-25H2,1H3. The van der Waals surface area contributed by atoms with Crippen LogP contribution in [0.4, 0.5) is 0 Å². The van der Waals surface area contributed by atoms with Crippen LogP contribution in [-0.2, 0) is 9.53 Å². The van der Waals surface area contributed by atoms with Crippen LogP contribution < -0.4 is 0 Å². The first kappa shape index (κ1) is 26.5. The van der Waals surface area contributed by atoms with Gasteiger partial charge in [0.15, 0.2) is 0 Å². The molecule has 0 unspecified atom stereocenters. The maximum absolute atomic E-state index is 11.9. The van der Waals surface area contributed by atoms with Gasteiger partial charge in [-0.15, -0.1) is 0 Å². The highest BCUT2D eigenvalue weighted by Crippen LogP contribution is 2.21. The van der Waals surface area contributed by atoms with Crippen molar-refractivity contribution in [2.75, 3.05) is 0 Å². The molecule has 0 radical (unpaired) electrons. The molecular formula is C27H52O2. The lowest BCUT2D eigenvalue weighted by Gasteiger charge is -2.21. The summed E-state index contributed by atoms with van der Waals surface area (Å²) in [6.45, 7) is 2.29. The second-order valence-corrected chi connectivity index (χ2v) is 9.51. The van der Waals surface area contributed by atoms with E-state index in [4.69, 9.17) is 4.74 Å². The molecule has 0 spiro atoms. The monoisotopic (exact) mass is 408 g/mol. The number of carbonyl (C=O) groups is 1. The second-order valence-electron chi connectivity index (χ2n) is 9.51. The Morgan fingerprint density at radius 3 is 1.38 bits per heavy atom. The molecule has 172 valence electrons. The van der Waals surface area contributed by atoms with Crippen molar-refractivity contribution in [2.45, 2.75) is 167 Å². The fraction of sp³-hybridized carbons (Fsp3) is 0.963. The van der Waals surface area contributed by atoms with Crippen LogP contribution in [0.2, 0.25) is 0 Å². The van der Waals surface area contributed by atoms with Crippen molar-refractivity contribution in [3.8, 4) is 0 Å². The molecule has 0 atom stereocenters. The molecule has 0 aromatic carbocycles. The van der Waals surface area contributed by atoms with Gasteiger partial charge < -0.3 is 4.74 Å². The Kier molecular flexibility index (Phi) is 18.9. The minimum absolute atomic E-state index is 0.0494. The lowest BCUT2D eigenvalue weighted by Crippen LogP contribution is -2.20. The topological polar surface area (TPSA) is 26.3 Å². The summed E-state index contributed by atoms with van der Waals surface area (Å²) >= 11 is 0. The van der Waals surface area contributed by atoms with Crippen molar-refractivity contribution in [1.82, 2.24) is 0 Å². The molecule has 0 bridgehead atoms. The van der Waals surface area contributed by atoms with Gasteiger partial charge in [-0.25, -0.2) is 0 Å². The van der Waals surface area contributed by atoms with Gasteiger partial charge in [-0.05, 0) is 32.1 Å². The van der Waals surface area contributed by atoms with Crippen LogP contribution in [0.25, 0.3) is 0 Å². The highest BCUT2D eigenvalue weighted by atomic mass is 16.5. The maximum Gasteiger partial charge on any atom is 0.306 e. The smallest absolute Gasteiger partial charge is 0.306 e. The number of hydrogen-bond acceptors (Lipinski definition) is 2. The molecule has 0 aromatic rings. The third-order valence-corrected chi connectivity index (χ3v) is 6.58. The van der Waals surface area contributed by atoms with Crippen LogP contribution in [0.15, 0.2) is 0 Å². The summed E-state index contributed by atoms with van der Waals surface area (Å²) in [4.78, 5) is 11.9. The fourth-order valence-electron chi connectivity index (χ4n) is 4.60. The molecule has 1 fully saturated rings. The zero-order valence-electron chi connectivity index (χ0n) is 19.9. The number of hydrogen-bond donors (Lipinski definition) is 0. The van der Waals surface area contributed by atoms with E-state index in [1.807, 2.05) is 0 Å². The van der Waals surface area contributed by atoms with Crippen LogP contribution in [0.1, 0.15) is 161 Å². The Labute approximate surface area is 182 Å². The fourth-order valence-corrected chi connectivity index (χ4v) is 4.60. The molecule has 1 aliphatic carbocycles. The molecular weight excluding hydrogens is 356 g/mol. The van der Waals surface area contributed by atoms with Crippen molar-refractivity contribution in [2.24, 2.45) is 0 Å². The minimum atomic E-state index is 0.0494. The summed E-state index contributed by atoms with van der Waals surface area (Å²) in [7, 11) is 0. The first-order valence-electron chi connectivity index (χ1n) is 13.5. The summed E-state index contributed by atoms with van der Waals surface area (Å²) in [6, 6.07) is 0. The molecule has 0 heterocycles. The summed E-state index contributed by atoms with van der Waals surface area (Å²) in [6.07, 6.45) is 31.7. The summed E-state index contributed by atoms with van der Waals surface area (Å²) < 4.78 is 5.59. The molecule has 1 rings (SSSR count). The zero-order chi connectivity index (χ0) is 20.8. The first-order valence-corrected chi connectivity index (χ1v) is 13.5. The van der Waals surface area contributed by atoms with Gasteiger partial charge in [0, 0.05) is 6.42 Å². The predicted molar refractivity (Wildman–Crippen MR) is 126 cm³/mol. The Hall–Kier alpha value is -0.530. The summed E-state index contributed by atoms with van der Waals surface area (Å²) in [5.41, 5.74) is 0. The van der Waals surface area contributed by atoms with Gasteiger partial charge in [0.2, 0.25) is 0 Å². The first-order chi connectivity index (χ1) is 14.3. The number of carbonyl (C=O) groups excluding carboxylic acids is 1. The van der Waals surface area contributed by atoms with Crippen LogP contribution in [0.5, 0.6) is 0 Å². The van der Waals surface area contributed by atoms with E-state index < -0.39 is 0 Å². The molecule has 0 aromatic heterocycles. The van der Waals surface area contributed by atoms with E-state index in [-0.39, 0.29) is 12.1 Å². The van der Waals surface area contributed by atoms with E-state index in [1.165, 1.54) is 128 Å². The molecule has 2 nitrogen and oxygen atoms in total. The van der Waals surface area contributed by atoms with Gasteiger partial charge in [-0.1, -0.05) is 122 Å². The Morgan fingerprint density at radius 2 is 0.966 bits per heavy atom. The van der Waals surface area contributed by atoms with Gasteiger partial charge in [-0.3, -0.25) is 4.79 Å². The Morgan fingerprint density at radius 1 is 0.586 bits per heavy atom. The Bertz CT molecular complexity index is 346. The minimum Gasteiger partial charge on any atom is -0.462 e. The third-order valence-electron chi connectivity index (χ3n) is 6.58. The highest BCUT2D eigenvalue weighted by molar-refractivity contribution is 5.69. The van der Waals surface area contributed by atoms with Crippen molar-refractivity contribution in [3.05, 3.63) is 0 Å². The van der Waals surface area contributed by atoms with Gasteiger partial charge in [0.1, 0.15) is 6.10 Å². The molecule has 1 aliphatic rings. The van der Waals surface area contributed by atoms with Crippen molar-refractivity contribution in [1.29, 1.82) is 0 Å². The van der Waals surface area contributed by atoms with Crippen molar-refractivity contribution in [3.63, 3.8) is 0 Å². The van der Waals surface area contributed by atoms with Gasteiger partial charge in [0.25, 0.3) is 0 Å². The average molecular weight is 409 g/mol. The lowest BCUT2D eigenvalue weighted by atomic mass is 9.98. The van der Waals surface area contributed by atoms with E-state index in [0.29, 0.717) is 6.42 Å². The van der Waals surface area contributed by atoms with Gasteiger partial charge in [-0.2, -0.15) is 0 Å². The van der Waals surface area contributed by atoms with Crippen molar-refractivity contribution < 1.29 is 9.53 Å². The molecule has 1 saturated carbocycles. The number of unbranched alkanes of at least 4 members (excludes halogenated alkanes) is 17. The van der Waals surface area contributed by atoms with E-state index in [0.717, 1.165) is 19.3 Å². The van der Waals surface area contributed by atoms with Gasteiger partial charge in [0.05, 0.1) is 0 Å². The van der Waals surface area contributed by atoms with Crippen LogP contribution in [0, 0.1) is 0 Å². The van der Waals surface area contributed by atoms with E-state index in [9.17, 15) is 4.79 Å². The summed E-state index contributed by atoms with van der Waals surface area (Å²) in [5, 5.41) is 0. The predicted octanol–water partition coefficient (Wildman–Crippen LogP) is 9.29. The van der Waals surface area contributed by atoms with Crippen LogP contribution in [-0.4, -0.2) is 12.1 Å². The molecule has 2 heteroatoms. The number of rotatable bonds is 20. The molecule has 0 aliphatic heterocycles. The summed E-state index contributed by atoms with van der Waals surface area (Å²) in [5.74, 6) is 0.0494. The van der Waals surface area contributed by atoms with Crippen LogP contribution >= 0.6 is 0 Å². The lowest BCUT2D eigenvalue weighted by molar-refractivity contribution is -0.150. The van der Waals surface area contributed by atoms with Crippen molar-refractivity contribution >= 4 is 5.97 Å². The molecule has 29 heavy (non-hydrogen) atoms. The molecule has 0 saturated heterocycles. The van der Waals surface area contributed by atoms with E-state index >= 15 is 0 Å². The second kappa shape index (κ2) is 20.7. The quantitative estimate of drug-likeness (QED) is 0.148. The van der Waals surface area contributed by atoms with E-state index in [2.05, 4.69) is 6.92 Å². The van der Waals surface area contributed by atoms with Crippen LogP contribution in [0.3, 0.4) is 0 Å². The zero-order valence-corrected chi connectivity index (χ0v) is 19.9. The molecule has 0 N–H and O–H groups in total. The number of esters is 1. The third kappa shape index (κ3) is 18.0. The maximum atomic E-state index is 11.9. The Balaban J connectivity index is 1.70. The average Bonchev–Trinajstić information content (AvgIpc) is 2.73. The van der Waals surface area contributed by atoms with E-state index in [1.54, 1.807) is 0 Å². The normalized spacial score (nSPS) is 14.9.